The summed E-state index contributed by atoms with van der Waals surface area (Å²) in [4.78, 5) is 13.0. The second-order valence-electron chi connectivity index (χ2n) is 4.41. The Kier molecular flexibility index (Phi) is 7.13. The van der Waals surface area contributed by atoms with Crippen molar-refractivity contribution >= 4 is 6.03 Å². The molecule has 0 bridgehead atoms. The van der Waals surface area contributed by atoms with E-state index in [2.05, 4.69) is 19.2 Å². The maximum absolute atomic E-state index is 11.5. The van der Waals surface area contributed by atoms with Crippen LogP contribution in [0.2, 0.25) is 0 Å². The molecule has 90 valence electrons. The number of aliphatic hydroxyl groups excluding tert-OH is 1. The van der Waals surface area contributed by atoms with E-state index < -0.39 is 0 Å². The van der Waals surface area contributed by atoms with Gasteiger partial charge >= 0.3 is 6.03 Å². The maximum atomic E-state index is 11.5. The number of hydrogen-bond donors (Lipinski definition) is 2. The van der Waals surface area contributed by atoms with E-state index in [9.17, 15) is 4.79 Å². The number of nitrogens with zero attached hydrogens (tertiary/aromatic N) is 1. The summed E-state index contributed by atoms with van der Waals surface area (Å²) in [5, 5.41) is 11.7. The minimum atomic E-state index is -0.130. The zero-order valence-electron chi connectivity index (χ0n) is 10.3. The molecule has 0 heterocycles. The van der Waals surface area contributed by atoms with Gasteiger partial charge in [0.25, 0.3) is 0 Å². The second kappa shape index (κ2) is 7.51. The standard InChI is InChI=1S/C11H24N2O2/c1-9(2)6-5-7-12-11(15)13(4)10(3)8-14/h9-10,14H,5-8H2,1-4H3,(H,12,15). The number of nitrogens with one attached hydrogen (secondary N) is 1. The van der Waals surface area contributed by atoms with E-state index in [1.54, 1.807) is 7.05 Å². The van der Waals surface area contributed by atoms with Gasteiger partial charge in [-0.2, -0.15) is 0 Å². The molecule has 0 aliphatic heterocycles. The van der Waals surface area contributed by atoms with Gasteiger partial charge in [-0.05, 0) is 25.7 Å². The molecular weight excluding hydrogens is 192 g/mol. The van der Waals surface area contributed by atoms with Crippen LogP contribution in [0.5, 0.6) is 0 Å². The highest BCUT2D eigenvalue weighted by Crippen LogP contribution is 2.02. The topological polar surface area (TPSA) is 52.6 Å². The predicted octanol–water partition coefficient (Wildman–Crippen LogP) is 1.44. The van der Waals surface area contributed by atoms with E-state index >= 15 is 0 Å². The first-order chi connectivity index (χ1) is 6.99. The molecule has 0 saturated carbocycles. The molecule has 2 N–H and O–H groups in total. The molecule has 1 atom stereocenters. The Morgan fingerprint density at radius 1 is 1.40 bits per heavy atom. The summed E-state index contributed by atoms with van der Waals surface area (Å²) < 4.78 is 0. The van der Waals surface area contributed by atoms with Crippen LogP contribution in [0.15, 0.2) is 0 Å². The normalized spacial score (nSPS) is 12.7. The number of aliphatic hydroxyl groups is 1. The molecule has 0 spiro atoms. The zero-order chi connectivity index (χ0) is 11.8. The van der Waals surface area contributed by atoms with E-state index in [1.165, 1.54) is 4.90 Å². The highest BCUT2D eigenvalue weighted by atomic mass is 16.3. The number of amides is 2. The highest BCUT2D eigenvalue weighted by molar-refractivity contribution is 5.74. The minimum Gasteiger partial charge on any atom is -0.394 e. The quantitative estimate of drug-likeness (QED) is 0.660. The molecule has 0 aliphatic carbocycles. The van der Waals surface area contributed by atoms with Crippen LogP contribution in [0.3, 0.4) is 0 Å². The molecule has 1 unspecified atom stereocenters. The molecule has 0 saturated heterocycles. The molecule has 2 amide bonds. The van der Waals surface area contributed by atoms with Crippen molar-refractivity contribution in [2.24, 2.45) is 5.92 Å². The van der Waals surface area contributed by atoms with Crippen molar-refractivity contribution in [2.75, 3.05) is 20.2 Å². The van der Waals surface area contributed by atoms with Crippen LogP contribution in [-0.4, -0.2) is 42.3 Å². The molecule has 0 aliphatic rings. The van der Waals surface area contributed by atoms with Crippen molar-refractivity contribution in [1.29, 1.82) is 0 Å². The van der Waals surface area contributed by atoms with Crippen LogP contribution in [0.4, 0.5) is 4.79 Å². The number of carbonyl (C=O) groups excluding carboxylic acids is 1. The minimum absolute atomic E-state index is 0.00405. The van der Waals surface area contributed by atoms with E-state index in [-0.39, 0.29) is 18.7 Å². The highest BCUT2D eigenvalue weighted by Gasteiger charge is 2.13. The number of likely N-dealkylation sites (N-methyl/N-ethyl adjacent to an activating group) is 1. The molecule has 0 aromatic rings. The lowest BCUT2D eigenvalue weighted by Crippen LogP contribution is -2.44. The average Bonchev–Trinajstić information content (AvgIpc) is 2.21. The van der Waals surface area contributed by atoms with Crippen molar-refractivity contribution in [3.05, 3.63) is 0 Å². The third-order valence-corrected chi connectivity index (χ3v) is 2.48. The summed E-state index contributed by atoms with van der Waals surface area (Å²) in [6.45, 7) is 6.85. The Hall–Kier alpha value is -0.770. The molecule has 15 heavy (non-hydrogen) atoms. The van der Waals surface area contributed by atoms with Gasteiger partial charge in [0.2, 0.25) is 0 Å². The summed E-state index contributed by atoms with van der Waals surface area (Å²) in [5.74, 6) is 0.677. The first-order valence-electron chi connectivity index (χ1n) is 5.60. The van der Waals surface area contributed by atoms with Crippen LogP contribution >= 0.6 is 0 Å². The molecule has 4 nitrogen and oxygen atoms in total. The van der Waals surface area contributed by atoms with Crippen molar-refractivity contribution in [2.45, 2.75) is 39.7 Å². The van der Waals surface area contributed by atoms with E-state index in [4.69, 9.17) is 5.11 Å². The molecule has 0 rings (SSSR count). The first kappa shape index (κ1) is 14.2. The predicted molar refractivity (Wildman–Crippen MR) is 61.8 cm³/mol. The lowest BCUT2D eigenvalue weighted by molar-refractivity contribution is 0.157. The second-order valence-corrected chi connectivity index (χ2v) is 4.41. The summed E-state index contributed by atoms with van der Waals surface area (Å²) in [6.07, 6.45) is 2.13. The van der Waals surface area contributed by atoms with Crippen LogP contribution in [0.1, 0.15) is 33.6 Å². The van der Waals surface area contributed by atoms with Gasteiger partial charge in [-0.15, -0.1) is 0 Å². The van der Waals surface area contributed by atoms with Gasteiger partial charge in [-0.3, -0.25) is 0 Å². The Balaban J connectivity index is 3.65. The molecule has 0 aromatic carbocycles. The summed E-state index contributed by atoms with van der Waals surface area (Å²) in [6, 6.07) is -0.240. The lowest BCUT2D eigenvalue weighted by Gasteiger charge is -2.23. The smallest absolute Gasteiger partial charge is 0.317 e. The SMILES string of the molecule is CC(C)CCCNC(=O)N(C)C(C)CO. The van der Waals surface area contributed by atoms with Gasteiger partial charge in [-0.25, -0.2) is 4.79 Å². The Morgan fingerprint density at radius 3 is 2.47 bits per heavy atom. The number of urea groups is 1. The maximum Gasteiger partial charge on any atom is 0.317 e. The van der Waals surface area contributed by atoms with Gasteiger partial charge in [-0.1, -0.05) is 13.8 Å². The largest absolute Gasteiger partial charge is 0.394 e. The third-order valence-electron chi connectivity index (χ3n) is 2.48. The summed E-state index contributed by atoms with van der Waals surface area (Å²) in [5.41, 5.74) is 0. The van der Waals surface area contributed by atoms with Crippen LogP contribution in [-0.2, 0) is 0 Å². The van der Waals surface area contributed by atoms with Gasteiger partial charge < -0.3 is 15.3 Å². The van der Waals surface area contributed by atoms with Gasteiger partial charge in [0.15, 0.2) is 0 Å². The van der Waals surface area contributed by atoms with Crippen LogP contribution in [0.25, 0.3) is 0 Å². The fourth-order valence-corrected chi connectivity index (χ4v) is 1.15. The monoisotopic (exact) mass is 216 g/mol. The zero-order valence-corrected chi connectivity index (χ0v) is 10.3. The molecule has 0 aromatic heterocycles. The first-order valence-corrected chi connectivity index (χ1v) is 5.60. The molecule has 0 fully saturated rings. The van der Waals surface area contributed by atoms with Crippen molar-refractivity contribution in [3.8, 4) is 0 Å². The van der Waals surface area contributed by atoms with Crippen LogP contribution < -0.4 is 5.32 Å². The van der Waals surface area contributed by atoms with Gasteiger partial charge in [0.05, 0.1) is 12.6 Å². The van der Waals surface area contributed by atoms with E-state index in [0.29, 0.717) is 12.5 Å². The Bertz CT molecular complexity index is 183. The van der Waals surface area contributed by atoms with Gasteiger partial charge in [0.1, 0.15) is 0 Å². The van der Waals surface area contributed by atoms with E-state index in [1.807, 2.05) is 6.92 Å². The Morgan fingerprint density at radius 2 is 2.00 bits per heavy atom. The molecule has 0 radical (unpaired) electrons. The number of carbonyl (C=O) groups is 1. The molecule has 4 heteroatoms. The van der Waals surface area contributed by atoms with E-state index in [0.717, 1.165) is 12.8 Å². The number of rotatable bonds is 6. The van der Waals surface area contributed by atoms with Crippen molar-refractivity contribution in [1.82, 2.24) is 10.2 Å². The summed E-state index contributed by atoms with van der Waals surface area (Å²) in [7, 11) is 1.69. The average molecular weight is 216 g/mol. The van der Waals surface area contributed by atoms with Gasteiger partial charge in [0, 0.05) is 13.6 Å². The third kappa shape index (κ3) is 6.33. The van der Waals surface area contributed by atoms with Crippen LogP contribution in [0, 0.1) is 5.92 Å². The fourth-order valence-electron chi connectivity index (χ4n) is 1.15. The summed E-state index contributed by atoms with van der Waals surface area (Å²) >= 11 is 0. The molecular formula is C11H24N2O2. The van der Waals surface area contributed by atoms with Crippen molar-refractivity contribution in [3.63, 3.8) is 0 Å². The Labute approximate surface area is 92.7 Å². The fraction of sp³-hybridized carbons (Fsp3) is 0.909. The lowest BCUT2D eigenvalue weighted by atomic mass is 10.1. The van der Waals surface area contributed by atoms with Crippen molar-refractivity contribution < 1.29 is 9.90 Å². The number of hydrogen-bond acceptors (Lipinski definition) is 2.